The highest BCUT2D eigenvalue weighted by atomic mass is 16.2. The van der Waals surface area contributed by atoms with Crippen LogP contribution in [-0.2, 0) is 16.0 Å². The van der Waals surface area contributed by atoms with E-state index in [1.54, 1.807) is 6.07 Å². The number of H-pyrrole nitrogens is 1. The normalized spacial score (nSPS) is 26.0. The van der Waals surface area contributed by atoms with Crippen LogP contribution in [0, 0.1) is 11.8 Å². The fourth-order valence-electron chi connectivity index (χ4n) is 5.63. The maximum Gasteiger partial charge on any atom is 0.258 e. The van der Waals surface area contributed by atoms with Gasteiger partial charge in [-0.25, -0.2) is 4.98 Å². The van der Waals surface area contributed by atoms with Crippen LogP contribution in [0.5, 0.6) is 0 Å². The predicted molar refractivity (Wildman–Crippen MR) is 113 cm³/mol. The Morgan fingerprint density at radius 2 is 2.03 bits per heavy atom. The molecule has 7 nitrogen and oxygen atoms in total. The number of carbonyl (C=O) groups is 2. The van der Waals surface area contributed by atoms with E-state index in [1.165, 1.54) is 0 Å². The SMILES string of the molecule is O=C(CCCc1nc2ccccc2c(=O)[nH]1)N1C[C@H]2C[C@@H](C1)[C@H]1CCCC(=O)N1C2. The molecule has 0 unspecified atom stereocenters. The number of nitrogens with one attached hydrogen (secondary N) is 1. The lowest BCUT2D eigenvalue weighted by Crippen LogP contribution is -2.61. The van der Waals surface area contributed by atoms with E-state index in [2.05, 4.69) is 14.9 Å². The van der Waals surface area contributed by atoms with Gasteiger partial charge in [-0.05, 0) is 49.7 Å². The van der Waals surface area contributed by atoms with Crippen molar-refractivity contribution in [3.05, 3.63) is 40.4 Å². The highest BCUT2D eigenvalue weighted by Crippen LogP contribution is 2.38. The van der Waals surface area contributed by atoms with Crippen molar-refractivity contribution in [1.82, 2.24) is 19.8 Å². The van der Waals surface area contributed by atoms with E-state index >= 15 is 0 Å². The van der Waals surface area contributed by atoms with E-state index in [4.69, 9.17) is 0 Å². The van der Waals surface area contributed by atoms with Gasteiger partial charge >= 0.3 is 0 Å². The minimum absolute atomic E-state index is 0.127. The third-order valence-corrected chi connectivity index (χ3v) is 7.00. The molecule has 0 radical (unpaired) electrons. The molecule has 3 aliphatic rings. The average Bonchev–Trinajstić information content (AvgIpc) is 2.74. The van der Waals surface area contributed by atoms with Gasteiger partial charge in [0.25, 0.3) is 5.56 Å². The Kier molecular flexibility index (Phi) is 5.05. The molecule has 158 valence electrons. The average molecular weight is 409 g/mol. The van der Waals surface area contributed by atoms with Gasteiger partial charge in [-0.1, -0.05) is 12.1 Å². The number of hydrogen-bond donors (Lipinski definition) is 1. The maximum absolute atomic E-state index is 12.9. The Bertz CT molecular complexity index is 1030. The molecular weight excluding hydrogens is 380 g/mol. The Labute approximate surface area is 175 Å². The quantitative estimate of drug-likeness (QED) is 0.840. The number of para-hydroxylation sites is 1. The lowest BCUT2D eigenvalue weighted by Gasteiger charge is -2.52. The summed E-state index contributed by atoms with van der Waals surface area (Å²) in [5.74, 6) is 1.95. The lowest BCUT2D eigenvalue weighted by molar-refractivity contribution is -0.148. The van der Waals surface area contributed by atoms with E-state index < -0.39 is 0 Å². The number of rotatable bonds is 4. The van der Waals surface area contributed by atoms with Crippen LogP contribution in [0.4, 0.5) is 0 Å². The van der Waals surface area contributed by atoms with Crippen LogP contribution < -0.4 is 5.56 Å². The van der Waals surface area contributed by atoms with Crippen molar-refractivity contribution >= 4 is 22.7 Å². The first kappa shape index (κ1) is 19.3. The van der Waals surface area contributed by atoms with Gasteiger partial charge in [-0.3, -0.25) is 14.4 Å². The van der Waals surface area contributed by atoms with E-state index in [-0.39, 0.29) is 11.5 Å². The summed E-state index contributed by atoms with van der Waals surface area (Å²) >= 11 is 0. The fraction of sp³-hybridized carbons (Fsp3) is 0.565. The summed E-state index contributed by atoms with van der Waals surface area (Å²) in [7, 11) is 0. The standard InChI is InChI=1S/C23H28N4O3/c28-21(9-4-8-20-24-18-6-2-1-5-17(18)23(30)25-20)26-12-15-11-16(14-26)19-7-3-10-22(29)27(19)13-15/h1-2,5-6,15-16,19H,3-4,7-14H2,(H,24,25,30)/t15-,16+,19-/m1/s1. The first-order valence-corrected chi connectivity index (χ1v) is 11.1. The van der Waals surface area contributed by atoms with E-state index in [9.17, 15) is 14.4 Å². The van der Waals surface area contributed by atoms with Gasteiger partial charge in [0.15, 0.2) is 0 Å². The van der Waals surface area contributed by atoms with Gasteiger partial charge in [-0.2, -0.15) is 0 Å². The number of likely N-dealkylation sites (tertiary alicyclic amines) is 1. The fourth-order valence-corrected chi connectivity index (χ4v) is 5.63. The molecule has 3 saturated heterocycles. The van der Waals surface area contributed by atoms with Crippen molar-refractivity contribution in [3.63, 3.8) is 0 Å². The van der Waals surface area contributed by atoms with Gasteiger partial charge < -0.3 is 14.8 Å². The second-order valence-corrected chi connectivity index (χ2v) is 9.05. The second-order valence-electron chi connectivity index (χ2n) is 9.05. The summed E-state index contributed by atoms with van der Waals surface area (Å²) in [6, 6.07) is 7.63. The van der Waals surface area contributed by atoms with Crippen LogP contribution in [0.25, 0.3) is 10.9 Å². The van der Waals surface area contributed by atoms with Crippen LogP contribution in [-0.4, -0.2) is 57.3 Å². The van der Waals surface area contributed by atoms with Crippen LogP contribution in [0.3, 0.4) is 0 Å². The Morgan fingerprint density at radius 1 is 1.17 bits per heavy atom. The van der Waals surface area contributed by atoms with E-state index in [1.807, 2.05) is 23.1 Å². The number of aryl methyl sites for hydroxylation is 1. The Balaban J connectivity index is 1.19. The zero-order valence-electron chi connectivity index (χ0n) is 17.2. The number of piperidine rings is 3. The van der Waals surface area contributed by atoms with Crippen molar-refractivity contribution < 1.29 is 9.59 Å². The van der Waals surface area contributed by atoms with Gasteiger partial charge in [0, 0.05) is 44.9 Å². The summed E-state index contributed by atoms with van der Waals surface area (Å²) in [4.78, 5) is 48.8. The molecule has 1 N–H and O–H groups in total. The molecule has 3 aliphatic heterocycles. The summed E-state index contributed by atoms with van der Waals surface area (Å²) < 4.78 is 0. The van der Waals surface area contributed by atoms with Crippen LogP contribution >= 0.6 is 0 Å². The molecule has 1 aromatic carbocycles. The molecule has 7 heteroatoms. The molecular formula is C23H28N4O3. The van der Waals surface area contributed by atoms with Crippen molar-refractivity contribution in [2.75, 3.05) is 19.6 Å². The van der Waals surface area contributed by atoms with Crippen molar-refractivity contribution in [1.29, 1.82) is 0 Å². The second kappa shape index (κ2) is 7.85. The van der Waals surface area contributed by atoms with Crippen LogP contribution in [0.1, 0.15) is 44.3 Å². The minimum Gasteiger partial charge on any atom is -0.342 e. The minimum atomic E-state index is -0.127. The number of fused-ring (bicyclic) bond motifs is 5. The number of aromatic amines is 1. The Morgan fingerprint density at radius 3 is 2.93 bits per heavy atom. The zero-order valence-corrected chi connectivity index (χ0v) is 17.2. The number of benzene rings is 1. The molecule has 30 heavy (non-hydrogen) atoms. The molecule has 3 fully saturated rings. The molecule has 0 aliphatic carbocycles. The van der Waals surface area contributed by atoms with Gasteiger partial charge in [0.1, 0.15) is 5.82 Å². The van der Waals surface area contributed by atoms with Gasteiger partial charge in [0.05, 0.1) is 10.9 Å². The number of hydrogen-bond acceptors (Lipinski definition) is 4. The number of aromatic nitrogens is 2. The monoisotopic (exact) mass is 408 g/mol. The number of nitrogens with zero attached hydrogens (tertiary/aromatic N) is 3. The topological polar surface area (TPSA) is 86.4 Å². The maximum atomic E-state index is 12.9. The largest absolute Gasteiger partial charge is 0.342 e. The summed E-state index contributed by atoms with van der Waals surface area (Å²) in [5.41, 5.74) is 0.565. The highest BCUT2D eigenvalue weighted by Gasteiger charge is 2.44. The molecule has 1 aromatic heterocycles. The molecule has 3 atom stereocenters. The molecule has 4 heterocycles. The number of carbonyl (C=O) groups excluding carboxylic acids is 2. The third kappa shape index (κ3) is 3.61. The van der Waals surface area contributed by atoms with Gasteiger partial charge in [-0.15, -0.1) is 0 Å². The van der Waals surface area contributed by atoms with Crippen molar-refractivity contribution in [2.24, 2.45) is 11.8 Å². The first-order chi connectivity index (χ1) is 14.6. The molecule has 0 saturated carbocycles. The highest BCUT2D eigenvalue weighted by molar-refractivity contribution is 5.78. The molecule has 0 spiro atoms. The molecule has 2 aromatic rings. The van der Waals surface area contributed by atoms with Crippen LogP contribution in [0.15, 0.2) is 29.1 Å². The molecule has 2 amide bonds. The van der Waals surface area contributed by atoms with Gasteiger partial charge in [0.2, 0.25) is 11.8 Å². The molecule has 5 rings (SSSR count). The summed E-state index contributed by atoms with van der Waals surface area (Å²) in [6.45, 7) is 2.34. The Hall–Kier alpha value is -2.70. The smallest absolute Gasteiger partial charge is 0.258 e. The van der Waals surface area contributed by atoms with Crippen molar-refractivity contribution in [2.45, 2.75) is 51.0 Å². The van der Waals surface area contributed by atoms with E-state index in [0.717, 1.165) is 38.9 Å². The summed E-state index contributed by atoms with van der Waals surface area (Å²) in [5, 5.41) is 0.590. The lowest BCUT2D eigenvalue weighted by atomic mass is 9.76. The summed E-state index contributed by atoms with van der Waals surface area (Å²) in [6.07, 6.45) is 5.59. The first-order valence-electron chi connectivity index (χ1n) is 11.1. The molecule has 2 bridgehead atoms. The van der Waals surface area contributed by atoms with E-state index in [0.29, 0.717) is 66.2 Å². The van der Waals surface area contributed by atoms with Crippen LogP contribution in [0.2, 0.25) is 0 Å². The zero-order chi connectivity index (χ0) is 20.7. The predicted octanol–water partition coefficient (Wildman–Crippen LogP) is 2.11. The number of amides is 2. The third-order valence-electron chi connectivity index (χ3n) is 7.00. The van der Waals surface area contributed by atoms with Crippen molar-refractivity contribution in [3.8, 4) is 0 Å².